The van der Waals surface area contributed by atoms with Crippen LogP contribution in [0.2, 0.25) is 0 Å². The van der Waals surface area contributed by atoms with Crippen molar-refractivity contribution in [1.82, 2.24) is 24.0 Å². The first kappa shape index (κ1) is 25.1. The number of aromatic nitrogens is 4. The molecule has 188 valence electrons. The molecule has 2 N–H and O–H groups in total. The van der Waals surface area contributed by atoms with Gasteiger partial charge < -0.3 is 15.4 Å². The van der Waals surface area contributed by atoms with E-state index in [1.165, 1.54) is 15.5 Å². The van der Waals surface area contributed by atoms with Gasteiger partial charge in [0, 0.05) is 18.7 Å². The van der Waals surface area contributed by atoms with E-state index in [2.05, 4.69) is 9.97 Å². The first-order valence-corrected chi connectivity index (χ1v) is 12.1. The van der Waals surface area contributed by atoms with Gasteiger partial charge in [0.25, 0.3) is 0 Å². The van der Waals surface area contributed by atoms with Crippen molar-refractivity contribution in [2.75, 3.05) is 26.4 Å². The molecule has 0 radical (unpaired) electrons. The number of imidazole rings is 1. The number of nitrogens with zero attached hydrogens (tertiary/aromatic N) is 5. The lowest BCUT2D eigenvalue weighted by Crippen LogP contribution is -2.22. The largest absolute Gasteiger partial charge is 0.490 e. The van der Waals surface area contributed by atoms with E-state index in [1.54, 1.807) is 6.08 Å². The Morgan fingerprint density at radius 1 is 1.17 bits per heavy atom. The summed E-state index contributed by atoms with van der Waals surface area (Å²) >= 11 is 0. The molecule has 2 aromatic heterocycles. The maximum atomic E-state index is 13.7. The number of carbonyl (C=O) groups is 1. The number of rotatable bonds is 11. The number of nitrogens with two attached hydrogens (primary N) is 1. The second-order valence-electron chi connectivity index (χ2n) is 8.98. The molecule has 0 atom stereocenters. The highest BCUT2D eigenvalue weighted by molar-refractivity contribution is 5.90. The second kappa shape index (κ2) is 11.2. The van der Waals surface area contributed by atoms with Gasteiger partial charge in [0.1, 0.15) is 17.6 Å². The Labute approximate surface area is 210 Å². The van der Waals surface area contributed by atoms with Gasteiger partial charge in [-0.1, -0.05) is 18.2 Å². The van der Waals surface area contributed by atoms with E-state index in [0.29, 0.717) is 35.4 Å². The van der Waals surface area contributed by atoms with Crippen molar-refractivity contribution in [3.8, 4) is 11.4 Å². The van der Waals surface area contributed by atoms with Gasteiger partial charge in [0.2, 0.25) is 0 Å². The zero-order valence-electron chi connectivity index (χ0n) is 20.9. The molecule has 1 aromatic carbocycles. The van der Waals surface area contributed by atoms with E-state index >= 15 is 0 Å². The molecule has 9 nitrogen and oxygen atoms in total. The molecular formula is C27H32N6O3. The maximum absolute atomic E-state index is 13.7. The number of hydrogen-bond acceptors (Lipinski definition) is 7. The minimum Gasteiger partial charge on any atom is -0.490 e. The predicted octanol–water partition coefficient (Wildman–Crippen LogP) is 3.59. The summed E-state index contributed by atoms with van der Waals surface area (Å²) in [5.74, 6) is 1.04. The number of allylic oxidation sites excluding steroid dienone is 5. The number of likely N-dealkylation sites (N-methyl/N-ethyl adjacent to an activating group) is 1. The van der Waals surface area contributed by atoms with Gasteiger partial charge in [-0.2, -0.15) is 0 Å². The second-order valence-corrected chi connectivity index (χ2v) is 8.98. The SMILES string of the molecule is CC=C(C=CCCC(=O)C=CCN(C)C)n1c(=O)n(-c2ccc(OC3CC3)cc2)c2c(N)ncnc21. The summed E-state index contributed by atoms with van der Waals surface area (Å²) in [5.41, 5.74) is 8.01. The number of fused-ring (bicyclic) bond motifs is 1. The molecule has 0 bridgehead atoms. The van der Waals surface area contributed by atoms with E-state index in [-0.39, 0.29) is 23.4 Å². The standard InChI is InChI=1S/C27H32N6O3/c1-4-19(8-5-6-9-21(34)10-7-17-31(2)3)33-26-24(25(28)29-18-30-26)32(27(33)35)20-11-13-22(14-12-20)36-23-15-16-23/h4-5,7-8,10-14,18,23H,6,9,15-17H2,1-3H3,(H2,28,29,30). The summed E-state index contributed by atoms with van der Waals surface area (Å²) in [7, 11) is 3.90. The van der Waals surface area contributed by atoms with Crippen LogP contribution in [0.3, 0.4) is 0 Å². The fourth-order valence-corrected chi connectivity index (χ4v) is 3.78. The molecule has 1 aliphatic carbocycles. The lowest BCUT2D eigenvalue weighted by atomic mass is 10.2. The molecular weight excluding hydrogens is 456 g/mol. The zero-order valence-corrected chi connectivity index (χ0v) is 20.9. The monoisotopic (exact) mass is 488 g/mol. The highest BCUT2D eigenvalue weighted by atomic mass is 16.5. The van der Waals surface area contributed by atoms with Gasteiger partial charge in [-0.15, -0.1) is 0 Å². The van der Waals surface area contributed by atoms with Gasteiger partial charge in [0.05, 0.1) is 11.8 Å². The molecule has 1 aliphatic rings. The van der Waals surface area contributed by atoms with E-state index in [1.807, 2.05) is 74.5 Å². The van der Waals surface area contributed by atoms with Crippen LogP contribution >= 0.6 is 0 Å². The Balaban J connectivity index is 1.60. The van der Waals surface area contributed by atoms with Crippen molar-refractivity contribution in [3.63, 3.8) is 0 Å². The molecule has 0 spiro atoms. The van der Waals surface area contributed by atoms with Gasteiger partial charge in [0.15, 0.2) is 17.2 Å². The van der Waals surface area contributed by atoms with E-state index in [4.69, 9.17) is 10.5 Å². The average Bonchev–Trinajstić information content (AvgIpc) is 3.61. The number of ether oxygens (including phenoxy) is 1. The van der Waals surface area contributed by atoms with Crippen molar-refractivity contribution in [2.45, 2.75) is 38.7 Å². The van der Waals surface area contributed by atoms with Crippen molar-refractivity contribution in [1.29, 1.82) is 0 Å². The molecule has 0 amide bonds. The van der Waals surface area contributed by atoms with Crippen LogP contribution in [-0.2, 0) is 4.79 Å². The summed E-state index contributed by atoms with van der Waals surface area (Å²) in [5, 5.41) is 0. The lowest BCUT2D eigenvalue weighted by molar-refractivity contribution is -0.114. The molecule has 0 saturated heterocycles. The van der Waals surface area contributed by atoms with Crippen LogP contribution in [0.4, 0.5) is 5.82 Å². The number of ketones is 1. The third kappa shape index (κ3) is 5.80. The van der Waals surface area contributed by atoms with Crippen LogP contribution in [0.25, 0.3) is 22.5 Å². The van der Waals surface area contributed by atoms with Crippen LogP contribution in [0.15, 0.2) is 65.8 Å². The Morgan fingerprint density at radius 2 is 1.92 bits per heavy atom. The summed E-state index contributed by atoms with van der Waals surface area (Å²) in [4.78, 5) is 36.2. The van der Waals surface area contributed by atoms with Gasteiger partial charge in [-0.25, -0.2) is 19.3 Å². The molecule has 0 aliphatic heterocycles. The zero-order chi connectivity index (χ0) is 25.7. The topological polar surface area (TPSA) is 108 Å². The summed E-state index contributed by atoms with van der Waals surface area (Å²) in [6, 6.07) is 7.36. The summed E-state index contributed by atoms with van der Waals surface area (Å²) in [6.45, 7) is 2.57. The number of nitrogen functional groups attached to an aromatic ring is 1. The van der Waals surface area contributed by atoms with E-state index in [0.717, 1.165) is 25.1 Å². The van der Waals surface area contributed by atoms with Crippen LogP contribution in [0.1, 0.15) is 32.6 Å². The minimum atomic E-state index is -0.312. The molecule has 1 saturated carbocycles. The Bertz CT molecular complexity index is 1370. The molecule has 1 fully saturated rings. The predicted molar refractivity (Wildman–Crippen MR) is 142 cm³/mol. The number of anilines is 1. The lowest BCUT2D eigenvalue weighted by Gasteiger charge is -2.07. The highest BCUT2D eigenvalue weighted by Crippen LogP contribution is 2.28. The molecule has 4 rings (SSSR count). The Kier molecular flexibility index (Phi) is 7.80. The normalized spacial score (nSPS) is 14.5. The molecule has 9 heteroatoms. The molecule has 2 heterocycles. The quantitative estimate of drug-likeness (QED) is 0.325. The Hall–Kier alpha value is -3.98. The third-order valence-electron chi connectivity index (χ3n) is 5.75. The van der Waals surface area contributed by atoms with Crippen molar-refractivity contribution in [2.24, 2.45) is 0 Å². The fraction of sp³-hybridized carbons (Fsp3) is 0.333. The first-order chi connectivity index (χ1) is 17.4. The van der Waals surface area contributed by atoms with Gasteiger partial charge in [-0.05, 0) is 76.7 Å². The summed E-state index contributed by atoms with van der Waals surface area (Å²) < 4.78 is 8.86. The smallest absolute Gasteiger partial charge is 0.339 e. The molecule has 36 heavy (non-hydrogen) atoms. The van der Waals surface area contributed by atoms with E-state index in [9.17, 15) is 9.59 Å². The van der Waals surface area contributed by atoms with Crippen molar-refractivity contribution >= 4 is 28.5 Å². The van der Waals surface area contributed by atoms with Crippen LogP contribution in [0, 0.1) is 0 Å². The maximum Gasteiger partial charge on any atom is 0.339 e. The van der Waals surface area contributed by atoms with Crippen LogP contribution in [-0.4, -0.2) is 56.5 Å². The number of carbonyl (C=O) groups excluding carboxylic acids is 1. The highest BCUT2D eigenvalue weighted by Gasteiger charge is 2.24. The van der Waals surface area contributed by atoms with Gasteiger partial charge >= 0.3 is 5.69 Å². The summed E-state index contributed by atoms with van der Waals surface area (Å²) in [6.07, 6.45) is 13.7. The van der Waals surface area contributed by atoms with Crippen LogP contribution < -0.4 is 16.2 Å². The van der Waals surface area contributed by atoms with Crippen LogP contribution in [0.5, 0.6) is 5.75 Å². The average molecular weight is 489 g/mol. The number of benzene rings is 1. The van der Waals surface area contributed by atoms with E-state index < -0.39 is 0 Å². The van der Waals surface area contributed by atoms with Crippen molar-refractivity contribution < 1.29 is 9.53 Å². The number of hydrogen-bond donors (Lipinski definition) is 1. The fourth-order valence-electron chi connectivity index (χ4n) is 3.78. The molecule has 0 unspecified atom stereocenters. The minimum absolute atomic E-state index is 0.0620. The van der Waals surface area contributed by atoms with Gasteiger partial charge in [-0.3, -0.25) is 9.36 Å². The third-order valence-corrected chi connectivity index (χ3v) is 5.75. The first-order valence-electron chi connectivity index (χ1n) is 12.1. The Morgan fingerprint density at radius 3 is 2.58 bits per heavy atom. The van der Waals surface area contributed by atoms with Crippen molar-refractivity contribution in [3.05, 3.63) is 71.5 Å². The molecule has 3 aromatic rings.